The third kappa shape index (κ3) is 6.69. The number of phosphoric ester groups is 1. The van der Waals surface area contributed by atoms with E-state index >= 15 is 0 Å². The highest BCUT2D eigenvalue weighted by Crippen LogP contribution is 2.51. The Morgan fingerprint density at radius 3 is 2.44 bits per heavy atom. The Morgan fingerprint density at radius 2 is 1.93 bits per heavy atom. The SMILES string of the molecule is CC(C)(C)CC1OC(n2ccc(=O)[nH]c2=O)CC1OP(=O)(O)OC(C)(C)C. The first-order valence-electron chi connectivity index (χ1n) is 8.84. The molecule has 0 aromatic carbocycles. The van der Waals surface area contributed by atoms with Crippen molar-refractivity contribution >= 4 is 7.82 Å². The van der Waals surface area contributed by atoms with Gasteiger partial charge >= 0.3 is 13.5 Å². The van der Waals surface area contributed by atoms with Gasteiger partial charge in [-0.2, -0.15) is 0 Å². The number of ether oxygens (including phenoxy) is 1. The zero-order valence-electron chi connectivity index (χ0n) is 16.6. The van der Waals surface area contributed by atoms with Gasteiger partial charge in [0.1, 0.15) is 6.23 Å². The van der Waals surface area contributed by atoms with Crippen molar-refractivity contribution in [2.75, 3.05) is 0 Å². The zero-order chi connectivity index (χ0) is 20.6. The van der Waals surface area contributed by atoms with Crippen LogP contribution in [0.15, 0.2) is 21.9 Å². The van der Waals surface area contributed by atoms with E-state index in [0.29, 0.717) is 6.42 Å². The molecular formula is C17H29N2O7P. The third-order valence-corrected chi connectivity index (χ3v) is 5.13. The van der Waals surface area contributed by atoms with Crippen LogP contribution in [0.5, 0.6) is 0 Å². The summed E-state index contributed by atoms with van der Waals surface area (Å²) in [6.45, 7) is 11.0. The van der Waals surface area contributed by atoms with E-state index in [-0.39, 0.29) is 11.8 Å². The zero-order valence-corrected chi connectivity index (χ0v) is 17.5. The molecule has 9 nitrogen and oxygen atoms in total. The summed E-state index contributed by atoms with van der Waals surface area (Å²) in [7, 11) is -4.33. The average molecular weight is 404 g/mol. The maximum atomic E-state index is 12.4. The average Bonchev–Trinajstić information content (AvgIpc) is 2.75. The van der Waals surface area contributed by atoms with E-state index in [1.54, 1.807) is 20.8 Å². The van der Waals surface area contributed by atoms with E-state index in [1.165, 1.54) is 16.8 Å². The van der Waals surface area contributed by atoms with Crippen LogP contribution in [0, 0.1) is 5.41 Å². The summed E-state index contributed by atoms with van der Waals surface area (Å²) in [4.78, 5) is 35.6. The van der Waals surface area contributed by atoms with Crippen LogP contribution in [-0.2, 0) is 18.3 Å². The highest BCUT2D eigenvalue weighted by Gasteiger charge is 2.44. The number of nitrogens with zero attached hydrogens (tertiary/aromatic N) is 1. The van der Waals surface area contributed by atoms with Crippen molar-refractivity contribution < 1.29 is 23.2 Å². The number of hydrogen-bond donors (Lipinski definition) is 2. The van der Waals surface area contributed by atoms with Crippen LogP contribution < -0.4 is 11.2 Å². The lowest BCUT2D eigenvalue weighted by Gasteiger charge is -2.29. The first-order valence-corrected chi connectivity index (χ1v) is 10.3. The monoisotopic (exact) mass is 404 g/mol. The standard InChI is InChI=1S/C17H29N2O7P/c1-16(2,3)10-12-11(25-27(22,23)26-17(4,5)6)9-14(24-12)19-8-7-13(20)18-15(19)21/h7-8,11-12,14H,9-10H2,1-6H3,(H,22,23)(H,18,20,21). The van der Waals surface area contributed by atoms with E-state index in [2.05, 4.69) is 4.98 Å². The Kier molecular flexibility index (Phi) is 6.24. The molecule has 0 bridgehead atoms. The van der Waals surface area contributed by atoms with Crippen molar-refractivity contribution in [1.82, 2.24) is 9.55 Å². The second-order valence-electron chi connectivity index (χ2n) is 8.96. The van der Waals surface area contributed by atoms with Crippen LogP contribution in [0.4, 0.5) is 0 Å². The number of H-pyrrole nitrogens is 1. The lowest BCUT2D eigenvalue weighted by molar-refractivity contribution is -0.0427. The van der Waals surface area contributed by atoms with Crippen molar-refractivity contribution in [2.24, 2.45) is 5.41 Å². The summed E-state index contributed by atoms with van der Waals surface area (Å²) in [5.41, 5.74) is -2.12. The molecule has 0 amide bonds. The van der Waals surface area contributed by atoms with E-state index in [9.17, 15) is 19.0 Å². The molecule has 1 aromatic heterocycles. The molecule has 0 radical (unpaired) electrons. The van der Waals surface area contributed by atoms with Crippen LogP contribution in [0.3, 0.4) is 0 Å². The van der Waals surface area contributed by atoms with E-state index in [1.807, 2.05) is 20.8 Å². The smallest absolute Gasteiger partial charge is 0.352 e. The Bertz CT molecular complexity index is 818. The van der Waals surface area contributed by atoms with Gasteiger partial charge < -0.3 is 9.63 Å². The first-order chi connectivity index (χ1) is 12.2. The fraction of sp³-hybridized carbons (Fsp3) is 0.765. The Balaban J connectivity index is 2.26. The van der Waals surface area contributed by atoms with E-state index in [4.69, 9.17) is 13.8 Å². The number of rotatable bonds is 5. The van der Waals surface area contributed by atoms with Crippen LogP contribution >= 0.6 is 7.82 Å². The van der Waals surface area contributed by atoms with Gasteiger partial charge in [0.2, 0.25) is 0 Å². The predicted molar refractivity (Wildman–Crippen MR) is 99.5 cm³/mol. The summed E-state index contributed by atoms with van der Waals surface area (Å²) in [5.74, 6) is 0. The van der Waals surface area contributed by atoms with Crippen LogP contribution in [-0.4, -0.2) is 32.3 Å². The molecule has 27 heavy (non-hydrogen) atoms. The largest absolute Gasteiger partial charge is 0.473 e. The molecule has 1 aliphatic rings. The number of aromatic amines is 1. The summed E-state index contributed by atoms with van der Waals surface area (Å²) in [6.07, 6.45) is 0.0736. The molecule has 1 saturated heterocycles. The van der Waals surface area contributed by atoms with E-state index in [0.717, 1.165) is 0 Å². The molecule has 2 heterocycles. The summed E-state index contributed by atoms with van der Waals surface area (Å²) in [5, 5.41) is 0. The van der Waals surface area contributed by atoms with Gasteiger partial charge in [-0.25, -0.2) is 9.36 Å². The Morgan fingerprint density at radius 1 is 1.30 bits per heavy atom. The minimum absolute atomic E-state index is 0.137. The minimum Gasteiger partial charge on any atom is -0.352 e. The van der Waals surface area contributed by atoms with Crippen molar-refractivity contribution in [3.63, 3.8) is 0 Å². The normalized spacial score (nSPS) is 26.1. The topological polar surface area (TPSA) is 120 Å². The fourth-order valence-electron chi connectivity index (χ4n) is 2.96. The summed E-state index contributed by atoms with van der Waals surface area (Å²) in [6, 6.07) is 1.22. The molecule has 0 aliphatic carbocycles. The molecular weight excluding hydrogens is 375 g/mol. The predicted octanol–water partition coefficient (Wildman–Crippen LogP) is 2.56. The Labute approximate surface area is 158 Å². The van der Waals surface area contributed by atoms with Gasteiger partial charge in [0.15, 0.2) is 0 Å². The number of hydrogen-bond acceptors (Lipinski definition) is 6. The van der Waals surface area contributed by atoms with Crippen molar-refractivity contribution in [1.29, 1.82) is 0 Å². The second kappa shape index (κ2) is 7.64. The van der Waals surface area contributed by atoms with Gasteiger partial charge in [0, 0.05) is 18.7 Å². The second-order valence-corrected chi connectivity index (χ2v) is 10.3. The lowest BCUT2D eigenvalue weighted by Crippen LogP contribution is -2.31. The minimum atomic E-state index is -4.33. The maximum absolute atomic E-state index is 12.4. The number of phosphoric acid groups is 1. The van der Waals surface area contributed by atoms with Crippen molar-refractivity contribution in [2.45, 2.75) is 78.4 Å². The molecule has 4 unspecified atom stereocenters. The van der Waals surface area contributed by atoms with Gasteiger partial charge in [0.05, 0.1) is 17.8 Å². The first kappa shape index (κ1) is 22.0. The molecule has 0 saturated carbocycles. The quantitative estimate of drug-likeness (QED) is 0.724. The van der Waals surface area contributed by atoms with E-state index < -0.39 is 43.1 Å². The van der Waals surface area contributed by atoms with Gasteiger partial charge in [0.25, 0.3) is 5.56 Å². The third-order valence-electron chi connectivity index (χ3n) is 3.81. The molecule has 0 spiro atoms. The molecule has 4 atom stereocenters. The molecule has 2 N–H and O–H groups in total. The molecule has 10 heteroatoms. The van der Waals surface area contributed by atoms with Crippen LogP contribution in [0.25, 0.3) is 0 Å². The highest BCUT2D eigenvalue weighted by molar-refractivity contribution is 7.47. The van der Waals surface area contributed by atoms with Gasteiger partial charge in [-0.15, -0.1) is 0 Å². The van der Waals surface area contributed by atoms with Crippen molar-refractivity contribution in [3.8, 4) is 0 Å². The molecule has 1 aromatic rings. The van der Waals surface area contributed by atoms with Gasteiger partial charge in [-0.3, -0.25) is 23.4 Å². The molecule has 1 fully saturated rings. The summed E-state index contributed by atoms with van der Waals surface area (Å²) >= 11 is 0. The fourth-order valence-corrected chi connectivity index (χ4v) is 4.26. The maximum Gasteiger partial charge on any atom is 0.473 e. The number of nitrogens with one attached hydrogen (secondary N) is 1. The van der Waals surface area contributed by atoms with Crippen LogP contribution in [0.1, 0.15) is 60.6 Å². The number of aromatic nitrogens is 2. The Hall–Kier alpha value is -1.25. The molecule has 1 aliphatic heterocycles. The van der Waals surface area contributed by atoms with Gasteiger partial charge in [-0.1, -0.05) is 20.8 Å². The van der Waals surface area contributed by atoms with Crippen molar-refractivity contribution in [3.05, 3.63) is 33.1 Å². The molecule has 2 rings (SSSR count). The van der Waals surface area contributed by atoms with Crippen LogP contribution in [0.2, 0.25) is 0 Å². The molecule has 154 valence electrons. The lowest BCUT2D eigenvalue weighted by atomic mass is 9.87. The van der Waals surface area contributed by atoms with Gasteiger partial charge in [-0.05, 0) is 32.6 Å². The summed E-state index contributed by atoms with van der Waals surface area (Å²) < 4.78 is 30.2. The highest BCUT2D eigenvalue weighted by atomic mass is 31.2.